The van der Waals surface area contributed by atoms with E-state index < -0.39 is 0 Å². The van der Waals surface area contributed by atoms with Gasteiger partial charge in [-0.3, -0.25) is 4.68 Å². The molecule has 0 aliphatic rings. The highest BCUT2D eigenvalue weighted by Gasteiger charge is 2.33. The van der Waals surface area contributed by atoms with Crippen LogP contribution in [0.5, 0.6) is 0 Å². The summed E-state index contributed by atoms with van der Waals surface area (Å²) < 4.78 is 7.84. The molecule has 19 heavy (non-hydrogen) atoms. The summed E-state index contributed by atoms with van der Waals surface area (Å²) in [5.74, 6) is 0.994. The fourth-order valence-corrected chi connectivity index (χ4v) is 2.29. The standard InChI is InChI=1S/C14H28N4O/c1-6-9-15-12(14(4,7-2)19-8-3)10-13-16-11-17-18(13)5/h11-12,15H,6-10H2,1-5H3. The highest BCUT2D eigenvalue weighted by molar-refractivity contribution is 4.97. The van der Waals surface area contributed by atoms with Gasteiger partial charge in [0.05, 0.1) is 5.60 Å². The monoisotopic (exact) mass is 268 g/mol. The van der Waals surface area contributed by atoms with E-state index in [2.05, 4.69) is 36.2 Å². The molecule has 1 aromatic heterocycles. The van der Waals surface area contributed by atoms with Gasteiger partial charge in [0.25, 0.3) is 0 Å². The smallest absolute Gasteiger partial charge is 0.138 e. The Morgan fingerprint density at radius 3 is 2.63 bits per heavy atom. The van der Waals surface area contributed by atoms with Gasteiger partial charge >= 0.3 is 0 Å². The van der Waals surface area contributed by atoms with Crippen molar-refractivity contribution in [3.05, 3.63) is 12.2 Å². The molecule has 0 radical (unpaired) electrons. The van der Waals surface area contributed by atoms with E-state index in [9.17, 15) is 0 Å². The average Bonchev–Trinajstić information content (AvgIpc) is 2.80. The predicted octanol–water partition coefficient (Wildman–Crippen LogP) is 1.93. The quantitative estimate of drug-likeness (QED) is 0.743. The summed E-state index contributed by atoms with van der Waals surface area (Å²) in [5.41, 5.74) is -0.171. The topological polar surface area (TPSA) is 52.0 Å². The molecule has 0 fully saturated rings. The van der Waals surface area contributed by atoms with E-state index >= 15 is 0 Å². The summed E-state index contributed by atoms with van der Waals surface area (Å²) in [6.45, 7) is 10.3. The molecule has 1 aromatic rings. The molecule has 0 spiro atoms. The lowest BCUT2D eigenvalue weighted by Crippen LogP contribution is -2.52. The van der Waals surface area contributed by atoms with E-state index in [0.29, 0.717) is 0 Å². The van der Waals surface area contributed by atoms with Crippen LogP contribution in [-0.2, 0) is 18.2 Å². The Hall–Kier alpha value is -0.940. The zero-order chi connectivity index (χ0) is 14.3. The molecule has 0 saturated heterocycles. The summed E-state index contributed by atoms with van der Waals surface area (Å²) in [6, 6.07) is 0.250. The molecule has 0 aliphatic carbocycles. The zero-order valence-electron chi connectivity index (χ0n) is 12.9. The van der Waals surface area contributed by atoms with Gasteiger partial charge in [0.15, 0.2) is 0 Å². The zero-order valence-corrected chi connectivity index (χ0v) is 12.9. The predicted molar refractivity (Wildman–Crippen MR) is 77.1 cm³/mol. The summed E-state index contributed by atoms with van der Waals surface area (Å²) in [4.78, 5) is 4.33. The third kappa shape index (κ3) is 4.28. The fourth-order valence-electron chi connectivity index (χ4n) is 2.29. The lowest BCUT2D eigenvalue weighted by atomic mass is 9.90. The van der Waals surface area contributed by atoms with Gasteiger partial charge in [-0.05, 0) is 33.2 Å². The molecule has 1 heterocycles. The second kappa shape index (κ2) is 7.60. The first-order valence-electron chi connectivity index (χ1n) is 7.27. The molecular weight excluding hydrogens is 240 g/mol. The van der Waals surface area contributed by atoms with Crippen LogP contribution < -0.4 is 5.32 Å². The van der Waals surface area contributed by atoms with Crippen molar-refractivity contribution in [3.8, 4) is 0 Å². The second-order valence-electron chi connectivity index (χ2n) is 5.11. The molecule has 1 N–H and O–H groups in total. The Kier molecular flexibility index (Phi) is 6.45. The van der Waals surface area contributed by atoms with Crippen LogP contribution in [0.3, 0.4) is 0 Å². The van der Waals surface area contributed by atoms with Gasteiger partial charge in [0.1, 0.15) is 12.2 Å². The molecule has 0 aromatic carbocycles. The van der Waals surface area contributed by atoms with Crippen molar-refractivity contribution in [2.24, 2.45) is 7.05 Å². The molecule has 5 nitrogen and oxygen atoms in total. The van der Waals surface area contributed by atoms with Crippen LogP contribution in [0, 0.1) is 0 Å². The van der Waals surface area contributed by atoms with Crippen LogP contribution in [0.1, 0.15) is 46.4 Å². The minimum atomic E-state index is -0.171. The van der Waals surface area contributed by atoms with Crippen LogP contribution in [0.2, 0.25) is 0 Å². The summed E-state index contributed by atoms with van der Waals surface area (Å²) in [5, 5.41) is 7.75. The number of nitrogens with zero attached hydrogens (tertiary/aromatic N) is 3. The van der Waals surface area contributed by atoms with Gasteiger partial charge in [0, 0.05) is 26.1 Å². The van der Waals surface area contributed by atoms with Crippen LogP contribution in [0.25, 0.3) is 0 Å². The number of ether oxygens (including phenoxy) is 1. The number of nitrogens with one attached hydrogen (secondary N) is 1. The van der Waals surface area contributed by atoms with E-state index in [0.717, 1.165) is 38.2 Å². The molecule has 0 aliphatic heterocycles. The maximum Gasteiger partial charge on any atom is 0.138 e. The van der Waals surface area contributed by atoms with Crippen molar-refractivity contribution in [1.82, 2.24) is 20.1 Å². The minimum Gasteiger partial charge on any atom is -0.374 e. The molecule has 2 atom stereocenters. The van der Waals surface area contributed by atoms with E-state index in [1.165, 1.54) is 0 Å². The van der Waals surface area contributed by atoms with Crippen LogP contribution >= 0.6 is 0 Å². The van der Waals surface area contributed by atoms with Crippen molar-refractivity contribution in [2.75, 3.05) is 13.2 Å². The van der Waals surface area contributed by atoms with Crippen LogP contribution in [-0.4, -0.2) is 39.6 Å². The number of aromatic nitrogens is 3. The minimum absolute atomic E-state index is 0.171. The van der Waals surface area contributed by atoms with Crippen molar-refractivity contribution < 1.29 is 4.74 Å². The normalized spacial score (nSPS) is 16.3. The Morgan fingerprint density at radius 2 is 2.16 bits per heavy atom. The van der Waals surface area contributed by atoms with Gasteiger partial charge < -0.3 is 10.1 Å². The highest BCUT2D eigenvalue weighted by Crippen LogP contribution is 2.22. The molecule has 2 unspecified atom stereocenters. The Balaban J connectivity index is 2.83. The van der Waals surface area contributed by atoms with E-state index in [1.54, 1.807) is 6.33 Å². The third-order valence-corrected chi connectivity index (χ3v) is 3.75. The maximum absolute atomic E-state index is 6.01. The largest absolute Gasteiger partial charge is 0.374 e. The molecule has 5 heteroatoms. The van der Waals surface area contributed by atoms with Gasteiger partial charge in [-0.1, -0.05) is 13.8 Å². The van der Waals surface area contributed by atoms with E-state index in [4.69, 9.17) is 4.74 Å². The van der Waals surface area contributed by atoms with Gasteiger partial charge in [-0.25, -0.2) is 4.98 Å². The van der Waals surface area contributed by atoms with E-state index in [1.807, 2.05) is 18.7 Å². The highest BCUT2D eigenvalue weighted by atomic mass is 16.5. The molecule has 110 valence electrons. The second-order valence-corrected chi connectivity index (χ2v) is 5.11. The summed E-state index contributed by atoms with van der Waals surface area (Å²) in [6.07, 6.45) is 4.53. The molecular formula is C14H28N4O. The lowest BCUT2D eigenvalue weighted by molar-refractivity contribution is -0.0555. The average molecular weight is 268 g/mol. The molecule has 0 saturated carbocycles. The number of hydrogen-bond donors (Lipinski definition) is 1. The molecule has 0 bridgehead atoms. The van der Waals surface area contributed by atoms with Crippen molar-refractivity contribution in [3.63, 3.8) is 0 Å². The maximum atomic E-state index is 6.01. The first kappa shape index (κ1) is 16.1. The summed E-state index contributed by atoms with van der Waals surface area (Å²) >= 11 is 0. The first-order valence-corrected chi connectivity index (χ1v) is 7.27. The van der Waals surface area contributed by atoms with Gasteiger partial charge in [-0.2, -0.15) is 5.10 Å². The number of hydrogen-bond acceptors (Lipinski definition) is 4. The SMILES string of the molecule is CCCNC(Cc1ncnn1C)C(C)(CC)OCC. The van der Waals surface area contributed by atoms with Crippen molar-refractivity contribution >= 4 is 0 Å². The van der Waals surface area contributed by atoms with Gasteiger partial charge in [-0.15, -0.1) is 0 Å². The molecule has 0 amide bonds. The van der Waals surface area contributed by atoms with Crippen molar-refractivity contribution in [2.45, 2.75) is 58.6 Å². The lowest BCUT2D eigenvalue weighted by Gasteiger charge is -2.37. The Labute approximate surface area is 116 Å². The van der Waals surface area contributed by atoms with Gasteiger partial charge in [0.2, 0.25) is 0 Å². The van der Waals surface area contributed by atoms with E-state index in [-0.39, 0.29) is 11.6 Å². The van der Waals surface area contributed by atoms with Crippen molar-refractivity contribution in [1.29, 1.82) is 0 Å². The third-order valence-electron chi connectivity index (χ3n) is 3.75. The van der Waals surface area contributed by atoms with Crippen LogP contribution in [0.4, 0.5) is 0 Å². The first-order chi connectivity index (χ1) is 9.07. The fraction of sp³-hybridized carbons (Fsp3) is 0.857. The number of aryl methyl sites for hydroxylation is 1. The summed E-state index contributed by atoms with van der Waals surface area (Å²) in [7, 11) is 1.93. The number of rotatable bonds is 9. The van der Waals surface area contributed by atoms with Crippen LogP contribution in [0.15, 0.2) is 6.33 Å². The Bertz CT molecular complexity index is 366. The Morgan fingerprint density at radius 1 is 1.42 bits per heavy atom. The molecule has 1 rings (SSSR count).